The molecule has 0 unspecified atom stereocenters. The standard InChI is InChI=1S/C7H6F2/c1-5-2-6(8)4-7(9)3-5/h2-4H,1H3. The van der Waals surface area contributed by atoms with Gasteiger partial charge in [0.2, 0.25) is 0 Å². The Labute approximate surface area is 52.9 Å². The van der Waals surface area contributed by atoms with E-state index >= 15 is 0 Å². The topological polar surface area (TPSA) is 0 Å². The Kier molecular flexibility index (Phi) is 1.65. The molecule has 0 amide bonds. The molecule has 0 N–H and O–H groups in total. The van der Waals surface area contributed by atoms with Crippen molar-refractivity contribution < 1.29 is 8.78 Å². The summed E-state index contributed by atoms with van der Waals surface area (Å²) in [5.74, 6) is -0.437. The van der Waals surface area contributed by atoms with Crippen molar-refractivity contribution in [2.45, 2.75) is 6.92 Å². The van der Waals surface area contributed by atoms with Crippen LogP contribution in [-0.2, 0) is 0 Å². The molecule has 0 nitrogen and oxygen atoms in total. The quantitative estimate of drug-likeness (QED) is 0.470. The van der Waals surface area contributed by atoms with Crippen LogP contribution in [-0.4, -0.2) is 0 Å². The molecule has 1 aliphatic carbocycles. The van der Waals surface area contributed by atoms with E-state index in [0.717, 1.165) is 6.42 Å². The molecular formula is C7H6F2. The molecule has 0 atom stereocenters. The van der Waals surface area contributed by atoms with Gasteiger partial charge in [0.15, 0.2) is 0 Å². The Morgan fingerprint density at radius 2 is 1.56 bits per heavy atom. The molecule has 2 radical (unpaired) electrons. The van der Waals surface area contributed by atoms with Crippen LogP contribution in [0.15, 0.2) is 23.8 Å². The lowest BCUT2D eigenvalue weighted by molar-refractivity contribution is 0.589. The van der Waals surface area contributed by atoms with Crippen LogP contribution in [0, 0.1) is 12.3 Å². The van der Waals surface area contributed by atoms with E-state index < -0.39 is 11.7 Å². The minimum atomic E-state index is -0.521. The number of allylic oxidation sites excluding steroid dienone is 4. The number of hydrogen-bond acceptors (Lipinski definition) is 0. The first-order valence-electron chi connectivity index (χ1n) is 2.61. The lowest BCUT2D eigenvalue weighted by Crippen LogP contribution is -1.92. The highest BCUT2D eigenvalue weighted by molar-refractivity contribution is 5.37. The predicted octanol–water partition coefficient (Wildman–Crippen LogP) is 2.51. The van der Waals surface area contributed by atoms with Crippen molar-refractivity contribution in [3.63, 3.8) is 0 Å². The van der Waals surface area contributed by atoms with Crippen LogP contribution >= 0.6 is 0 Å². The second kappa shape index (κ2) is 2.29. The Balaban J connectivity index is 2.69. The molecule has 0 aromatic carbocycles. The number of rotatable bonds is 0. The van der Waals surface area contributed by atoms with E-state index in [2.05, 4.69) is 0 Å². The fourth-order valence-corrected chi connectivity index (χ4v) is 0.692. The van der Waals surface area contributed by atoms with Gasteiger partial charge in [-0.3, -0.25) is 0 Å². The fraction of sp³-hybridized carbons (Fsp3) is 0.143. The smallest absolute Gasteiger partial charge is 0.108 e. The monoisotopic (exact) mass is 128 g/mol. The third-order valence-corrected chi connectivity index (χ3v) is 1.01. The Bertz CT molecular complexity index is 150. The predicted molar refractivity (Wildman–Crippen MR) is 31.6 cm³/mol. The van der Waals surface area contributed by atoms with E-state index in [4.69, 9.17) is 0 Å². The Morgan fingerprint density at radius 3 is 1.89 bits per heavy atom. The van der Waals surface area contributed by atoms with Crippen molar-refractivity contribution in [3.05, 3.63) is 36.1 Å². The zero-order valence-corrected chi connectivity index (χ0v) is 4.99. The molecular weight excluding hydrogens is 122 g/mol. The summed E-state index contributed by atoms with van der Waals surface area (Å²) in [7, 11) is 0. The maximum absolute atomic E-state index is 12.2. The summed E-state index contributed by atoms with van der Waals surface area (Å²) in [5.41, 5.74) is 0. The highest BCUT2D eigenvalue weighted by Crippen LogP contribution is 2.23. The Hall–Kier alpha value is -0.660. The highest BCUT2D eigenvalue weighted by atomic mass is 19.1. The van der Waals surface area contributed by atoms with Gasteiger partial charge in [-0.25, -0.2) is 8.78 Å². The molecule has 0 fully saturated rings. The van der Waals surface area contributed by atoms with E-state index in [0.29, 0.717) is 5.92 Å². The van der Waals surface area contributed by atoms with Gasteiger partial charge in [-0.05, 0) is 12.2 Å². The molecule has 48 valence electrons. The van der Waals surface area contributed by atoms with Crippen LogP contribution in [0.1, 0.15) is 6.92 Å². The minimum Gasteiger partial charge on any atom is -0.211 e. The van der Waals surface area contributed by atoms with E-state index in [9.17, 15) is 8.78 Å². The van der Waals surface area contributed by atoms with Crippen molar-refractivity contribution in [2.24, 2.45) is 0 Å². The number of halogens is 2. The van der Waals surface area contributed by atoms with Crippen LogP contribution in [0.3, 0.4) is 0 Å². The molecule has 0 aromatic rings. The minimum absolute atomic E-state index is 0.521. The molecule has 0 saturated heterocycles. The van der Waals surface area contributed by atoms with Crippen molar-refractivity contribution in [2.75, 3.05) is 0 Å². The average molecular weight is 128 g/mol. The van der Waals surface area contributed by atoms with Crippen molar-refractivity contribution >= 4 is 0 Å². The van der Waals surface area contributed by atoms with Crippen molar-refractivity contribution in [1.82, 2.24) is 0 Å². The van der Waals surface area contributed by atoms with E-state index in [1.54, 1.807) is 6.92 Å². The van der Waals surface area contributed by atoms with E-state index in [1.165, 1.54) is 12.2 Å². The molecule has 0 spiro atoms. The first kappa shape index (κ1) is 6.46. The lowest BCUT2D eigenvalue weighted by Gasteiger charge is -2.05. The summed E-state index contributed by atoms with van der Waals surface area (Å²) in [6.07, 6.45) is 3.42. The van der Waals surface area contributed by atoms with Crippen molar-refractivity contribution in [3.8, 4) is 0 Å². The Morgan fingerprint density at radius 1 is 1.11 bits per heavy atom. The van der Waals surface area contributed by atoms with Gasteiger partial charge >= 0.3 is 0 Å². The highest BCUT2D eigenvalue weighted by Gasteiger charge is 2.10. The molecule has 0 aliphatic heterocycles. The summed E-state index contributed by atoms with van der Waals surface area (Å²) in [6, 6.07) is 0. The molecule has 0 heterocycles. The number of hydrogen-bond donors (Lipinski definition) is 0. The van der Waals surface area contributed by atoms with Gasteiger partial charge in [-0.15, -0.1) is 0 Å². The van der Waals surface area contributed by atoms with Gasteiger partial charge < -0.3 is 0 Å². The van der Waals surface area contributed by atoms with Gasteiger partial charge in [0.05, 0.1) is 6.42 Å². The fourth-order valence-electron chi connectivity index (χ4n) is 0.692. The SMILES string of the molecule is C[C]1C=C(F)[CH]C(F)=C1. The maximum Gasteiger partial charge on any atom is 0.108 e. The zero-order valence-electron chi connectivity index (χ0n) is 4.99. The van der Waals surface area contributed by atoms with E-state index in [-0.39, 0.29) is 0 Å². The maximum atomic E-state index is 12.2. The molecule has 0 aromatic heterocycles. The summed E-state index contributed by atoms with van der Waals surface area (Å²) in [4.78, 5) is 0. The van der Waals surface area contributed by atoms with E-state index in [1.807, 2.05) is 0 Å². The van der Waals surface area contributed by atoms with Crippen LogP contribution in [0.4, 0.5) is 8.78 Å². The summed E-state index contributed by atoms with van der Waals surface area (Å²) < 4.78 is 24.4. The third kappa shape index (κ3) is 1.63. The van der Waals surface area contributed by atoms with Crippen LogP contribution < -0.4 is 0 Å². The largest absolute Gasteiger partial charge is 0.211 e. The molecule has 0 bridgehead atoms. The molecule has 1 aliphatic rings. The second-order valence-corrected chi connectivity index (χ2v) is 1.95. The normalized spacial score (nSPS) is 21.2. The summed E-state index contributed by atoms with van der Waals surface area (Å²) in [5, 5.41) is 0. The molecule has 9 heavy (non-hydrogen) atoms. The second-order valence-electron chi connectivity index (χ2n) is 1.95. The molecule has 2 heteroatoms. The summed E-state index contributed by atoms with van der Waals surface area (Å²) in [6.45, 7) is 1.64. The zero-order chi connectivity index (χ0) is 6.85. The van der Waals surface area contributed by atoms with Gasteiger partial charge in [0.25, 0.3) is 0 Å². The van der Waals surface area contributed by atoms with Crippen LogP contribution in [0.2, 0.25) is 0 Å². The van der Waals surface area contributed by atoms with Gasteiger partial charge in [0, 0.05) is 5.92 Å². The summed E-state index contributed by atoms with van der Waals surface area (Å²) >= 11 is 0. The van der Waals surface area contributed by atoms with Gasteiger partial charge in [-0.2, -0.15) is 0 Å². The first-order valence-corrected chi connectivity index (χ1v) is 2.61. The third-order valence-electron chi connectivity index (χ3n) is 1.01. The molecule has 0 saturated carbocycles. The van der Waals surface area contributed by atoms with Crippen molar-refractivity contribution in [1.29, 1.82) is 0 Å². The molecule has 1 rings (SSSR count). The van der Waals surface area contributed by atoms with Crippen LogP contribution in [0.25, 0.3) is 0 Å². The average Bonchev–Trinajstić information content (AvgIpc) is 1.59. The lowest BCUT2D eigenvalue weighted by atomic mass is 10.0. The van der Waals surface area contributed by atoms with Gasteiger partial charge in [-0.1, -0.05) is 6.92 Å². The van der Waals surface area contributed by atoms with Gasteiger partial charge in [0.1, 0.15) is 11.7 Å². The van der Waals surface area contributed by atoms with Crippen LogP contribution in [0.5, 0.6) is 0 Å². The first-order chi connectivity index (χ1) is 4.18.